The Labute approximate surface area is 267 Å². The third-order valence-electron chi connectivity index (χ3n) is 9.64. The van der Waals surface area contributed by atoms with Crippen LogP contribution in [-0.4, -0.2) is 0 Å². The van der Waals surface area contributed by atoms with Gasteiger partial charge in [-0.05, 0) is 98.8 Å². The van der Waals surface area contributed by atoms with E-state index in [1.54, 1.807) is 0 Å². The third-order valence-corrected chi connectivity index (χ3v) is 10.9. The lowest BCUT2D eigenvalue weighted by atomic mass is 9.81. The van der Waals surface area contributed by atoms with Crippen LogP contribution in [0.15, 0.2) is 152 Å². The molecular formula is C43H31NS. The quantitative estimate of drug-likeness (QED) is 0.196. The normalized spacial score (nSPS) is 13.3. The van der Waals surface area contributed by atoms with Crippen molar-refractivity contribution in [3.05, 3.63) is 163 Å². The van der Waals surface area contributed by atoms with E-state index in [1.807, 2.05) is 11.3 Å². The Morgan fingerprint density at radius 2 is 1.11 bits per heavy atom. The average molecular weight is 594 g/mol. The zero-order valence-electron chi connectivity index (χ0n) is 25.3. The molecule has 0 radical (unpaired) electrons. The maximum absolute atomic E-state index is 2.42. The summed E-state index contributed by atoms with van der Waals surface area (Å²) in [6.07, 6.45) is 0. The highest BCUT2D eigenvalue weighted by Crippen LogP contribution is 2.52. The standard InChI is InChI=1S/C43H31NS/c1-43(2)39-26-30-12-7-6-11-29(30)25-38(39)35-24-23-33(27-40(35)43)44(31-13-4-3-5-14-31)32-21-19-28(20-22-32)34-16-10-17-37-36-15-8-9-18-41(36)45-42(34)37/h3-27H,1-2H3. The summed E-state index contributed by atoms with van der Waals surface area (Å²) in [5, 5.41) is 5.26. The first-order valence-corrected chi connectivity index (χ1v) is 16.4. The van der Waals surface area contributed by atoms with Crippen LogP contribution in [-0.2, 0) is 5.41 Å². The molecule has 0 saturated carbocycles. The summed E-state index contributed by atoms with van der Waals surface area (Å²) < 4.78 is 2.68. The monoisotopic (exact) mass is 593 g/mol. The van der Waals surface area contributed by atoms with E-state index in [4.69, 9.17) is 0 Å². The minimum Gasteiger partial charge on any atom is -0.310 e. The fourth-order valence-corrected chi connectivity index (χ4v) is 8.58. The first-order valence-electron chi connectivity index (χ1n) is 15.6. The molecule has 1 aromatic heterocycles. The summed E-state index contributed by atoms with van der Waals surface area (Å²) in [4.78, 5) is 2.39. The Morgan fingerprint density at radius 1 is 0.467 bits per heavy atom. The Bertz CT molecular complexity index is 2400. The van der Waals surface area contributed by atoms with Gasteiger partial charge in [0.05, 0.1) is 0 Å². The topological polar surface area (TPSA) is 3.24 Å². The second-order valence-corrected chi connectivity index (χ2v) is 13.7. The van der Waals surface area contributed by atoms with Crippen molar-refractivity contribution in [2.75, 3.05) is 4.90 Å². The predicted octanol–water partition coefficient (Wildman–Crippen LogP) is 12.7. The second-order valence-electron chi connectivity index (χ2n) is 12.6. The number of nitrogens with zero attached hydrogens (tertiary/aromatic N) is 1. The number of hydrogen-bond donors (Lipinski definition) is 0. The van der Waals surface area contributed by atoms with Gasteiger partial charge in [-0.25, -0.2) is 0 Å². The van der Waals surface area contributed by atoms with E-state index in [0.717, 1.165) is 11.4 Å². The van der Waals surface area contributed by atoms with E-state index in [1.165, 1.54) is 70.0 Å². The smallest absolute Gasteiger partial charge is 0.0465 e. The van der Waals surface area contributed by atoms with Crippen LogP contribution in [0.5, 0.6) is 0 Å². The van der Waals surface area contributed by atoms with Crippen molar-refractivity contribution < 1.29 is 0 Å². The first-order chi connectivity index (χ1) is 22.1. The highest BCUT2D eigenvalue weighted by molar-refractivity contribution is 7.26. The lowest BCUT2D eigenvalue weighted by Gasteiger charge is -2.28. The summed E-state index contributed by atoms with van der Waals surface area (Å²) in [6.45, 7) is 4.74. The fourth-order valence-electron chi connectivity index (χ4n) is 7.34. The lowest BCUT2D eigenvalue weighted by molar-refractivity contribution is 0.661. The number of thiophene rings is 1. The minimum atomic E-state index is -0.0974. The summed E-state index contributed by atoms with van der Waals surface area (Å²) in [5.74, 6) is 0. The largest absolute Gasteiger partial charge is 0.310 e. The Hall–Kier alpha value is -5.18. The van der Waals surface area contributed by atoms with Gasteiger partial charge >= 0.3 is 0 Å². The van der Waals surface area contributed by atoms with Gasteiger partial charge in [-0.3, -0.25) is 0 Å². The Morgan fingerprint density at radius 3 is 1.93 bits per heavy atom. The molecule has 0 N–H and O–H groups in total. The van der Waals surface area contributed by atoms with E-state index in [2.05, 4.69) is 170 Å². The lowest BCUT2D eigenvalue weighted by Crippen LogP contribution is -2.16. The maximum atomic E-state index is 2.42. The van der Waals surface area contributed by atoms with Gasteiger partial charge in [0.1, 0.15) is 0 Å². The molecule has 1 aliphatic carbocycles. The van der Waals surface area contributed by atoms with Gasteiger partial charge in [-0.2, -0.15) is 0 Å². The van der Waals surface area contributed by atoms with Crippen molar-refractivity contribution in [1.29, 1.82) is 0 Å². The predicted molar refractivity (Wildman–Crippen MR) is 195 cm³/mol. The van der Waals surface area contributed by atoms with Crippen molar-refractivity contribution in [3.8, 4) is 22.3 Å². The fraction of sp³-hybridized carbons (Fsp3) is 0.0698. The molecule has 0 spiro atoms. The second kappa shape index (κ2) is 9.92. The van der Waals surface area contributed by atoms with Crippen molar-refractivity contribution >= 4 is 59.3 Å². The molecule has 2 heteroatoms. The van der Waals surface area contributed by atoms with E-state index >= 15 is 0 Å². The first kappa shape index (κ1) is 26.2. The van der Waals surface area contributed by atoms with Gasteiger partial charge in [0, 0.05) is 42.6 Å². The number of hydrogen-bond acceptors (Lipinski definition) is 2. The van der Waals surface area contributed by atoms with Crippen LogP contribution in [0, 0.1) is 0 Å². The molecule has 0 atom stereocenters. The molecule has 214 valence electrons. The molecule has 7 aromatic carbocycles. The van der Waals surface area contributed by atoms with Crippen LogP contribution in [0.2, 0.25) is 0 Å². The molecule has 0 fully saturated rings. The Balaban J connectivity index is 1.16. The van der Waals surface area contributed by atoms with Crippen LogP contribution in [0.25, 0.3) is 53.2 Å². The molecule has 1 aliphatic rings. The molecule has 45 heavy (non-hydrogen) atoms. The van der Waals surface area contributed by atoms with Crippen molar-refractivity contribution in [2.45, 2.75) is 19.3 Å². The molecule has 0 amide bonds. The van der Waals surface area contributed by atoms with E-state index < -0.39 is 0 Å². The summed E-state index contributed by atoms with van der Waals surface area (Å²) in [6, 6.07) is 55.8. The van der Waals surface area contributed by atoms with Crippen molar-refractivity contribution in [2.24, 2.45) is 0 Å². The molecule has 0 bridgehead atoms. The Kier molecular flexibility index (Phi) is 5.78. The van der Waals surface area contributed by atoms with Gasteiger partial charge in [-0.1, -0.05) is 111 Å². The van der Waals surface area contributed by atoms with Gasteiger partial charge in [-0.15, -0.1) is 11.3 Å². The number of para-hydroxylation sites is 1. The highest BCUT2D eigenvalue weighted by atomic mass is 32.1. The molecule has 8 aromatic rings. The number of rotatable bonds is 4. The van der Waals surface area contributed by atoms with E-state index in [0.29, 0.717) is 0 Å². The molecular weight excluding hydrogens is 563 g/mol. The molecule has 9 rings (SSSR count). The van der Waals surface area contributed by atoms with Crippen LogP contribution < -0.4 is 4.90 Å². The van der Waals surface area contributed by atoms with Crippen LogP contribution in [0.4, 0.5) is 17.1 Å². The number of anilines is 3. The summed E-state index contributed by atoms with van der Waals surface area (Å²) >= 11 is 1.88. The van der Waals surface area contributed by atoms with Gasteiger partial charge in [0.2, 0.25) is 0 Å². The molecule has 1 nitrogen and oxygen atoms in total. The van der Waals surface area contributed by atoms with Crippen LogP contribution in [0.1, 0.15) is 25.0 Å². The molecule has 0 unspecified atom stereocenters. The summed E-state index contributed by atoms with van der Waals surface area (Å²) in [7, 11) is 0. The third kappa shape index (κ3) is 4.06. The minimum absolute atomic E-state index is 0.0974. The zero-order valence-corrected chi connectivity index (χ0v) is 26.1. The van der Waals surface area contributed by atoms with Crippen molar-refractivity contribution in [3.63, 3.8) is 0 Å². The van der Waals surface area contributed by atoms with Crippen LogP contribution >= 0.6 is 11.3 Å². The molecule has 0 aliphatic heterocycles. The van der Waals surface area contributed by atoms with Crippen molar-refractivity contribution in [1.82, 2.24) is 0 Å². The zero-order chi connectivity index (χ0) is 30.1. The molecule has 1 heterocycles. The van der Waals surface area contributed by atoms with E-state index in [-0.39, 0.29) is 5.41 Å². The van der Waals surface area contributed by atoms with Gasteiger partial charge < -0.3 is 4.90 Å². The highest BCUT2D eigenvalue weighted by Gasteiger charge is 2.36. The number of fused-ring (bicyclic) bond motifs is 7. The van der Waals surface area contributed by atoms with Crippen LogP contribution in [0.3, 0.4) is 0 Å². The van der Waals surface area contributed by atoms with Gasteiger partial charge in [0.25, 0.3) is 0 Å². The van der Waals surface area contributed by atoms with Gasteiger partial charge in [0.15, 0.2) is 0 Å². The average Bonchev–Trinajstić information content (AvgIpc) is 3.57. The maximum Gasteiger partial charge on any atom is 0.0465 e. The molecule has 0 saturated heterocycles. The van der Waals surface area contributed by atoms with E-state index in [9.17, 15) is 0 Å². The number of benzene rings is 7. The summed E-state index contributed by atoms with van der Waals surface area (Å²) in [5.41, 5.74) is 11.4. The SMILES string of the molecule is CC1(C)c2cc(N(c3ccccc3)c3ccc(-c4cccc5c4sc4ccccc45)cc3)ccc2-c2cc3ccccc3cc21.